The molecule has 0 unspecified atom stereocenters. The second kappa shape index (κ2) is 6.17. The van der Waals surface area contributed by atoms with Crippen LogP contribution in [0.4, 0.5) is 9.59 Å². The van der Waals surface area contributed by atoms with E-state index in [1.807, 2.05) is 0 Å². The minimum Gasteiger partial charge on any atom is -0.465 e. The molecule has 0 aliphatic carbocycles. The molecule has 2 amide bonds. The SMILES string of the molecule is COC(COC(=O)N(C)C(=O)O)OC. The Hall–Kier alpha value is -1.34. The highest BCUT2D eigenvalue weighted by molar-refractivity contribution is 5.86. The average Bonchev–Trinajstić information content (AvgIpc) is 2.17. The Bertz CT molecular complexity index is 202. The summed E-state index contributed by atoms with van der Waals surface area (Å²) in [4.78, 5) is 21.6. The fourth-order valence-corrected chi connectivity index (χ4v) is 0.547. The molecule has 0 aliphatic rings. The summed E-state index contributed by atoms with van der Waals surface area (Å²) in [6, 6.07) is 0. The Balaban J connectivity index is 3.89. The van der Waals surface area contributed by atoms with Gasteiger partial charge in [0, 0.05) is 21.3 Å². The smallest absolute Gasteiger partial charge is 0.419 e. The number of nitrogens with zero attached hydrogens (tertiary/aromatic N) is 1. The Morgan fingerprint density at radius 1 is 1.36 bits per heavy atom. The number of imide groups is 1. The highest BCUT2D eigenvalue weighted by Gasteiger charge is 2.18. The molecular formula is C7H13NO6. The highest BCUT2D eigenvalue weighted by atomic mass is 16.7. The summed E-state index contributed by atoms with van der Waals surface area (Å²) in [6.07, 6.45) is -3.06. The van der Waals surface area contributed by atoms with E-state index in [1.54, 1.807) is 0 Å². The molecule has 0 aromatic carbocycles. The molecule has 0 rings (SSSR count). The normalized spacial score (nSPS) is 10.0. The van der Waals surface area contributed by atoms with Crippen LogP contribution in [-0.2, 0) is 14.2 Å². The number of rotatable bonds is 4. The lowest BCUT2D eigenvalue weighted by Gasteiger charge is -2.15. The van der Waals surface area contributed by atoms with E-state index in [0.29, 0.717) is 4.90 Å². The Kier molecular flexibility index (Phi) is 5.58. The summed E-state index contributed by atoms with van der Waals surface area (Å²) in [5.74, 6) is 0. The summed E-state index contributed by atoms with van der Waals surface area (Å²) in [7, 11) is 3.84. The molecule has 14 heavy (non-hydrogen) atoms. The zero-order chi connectivity index (χ0) is 11.1. The van der Waals surface area contributed by atoms with Gasteiger partial charge in [-0.1, -0.05) is 0 Å². The number of carboxylic acid groups (broad SMARTS) is 1. The molecule has 0 aromatic rings. The monoisotopic (exact) mass is 207 g/mol. The molecule has 0 saturated heterocycles. The van der Waals surface area contributed by atoms with E-state index in [9.17, 15) is 9.59 Å². The first kappa shape index (κ1) is 12.7. The maximum atomic E-state index is 10.9. The van der Waals surface area contributed by atoms with Crippen LogP contribution < -0.4 is 0 Å². The van der Waals surface area contributed by atoms with Crippen molar-refractivity contribution in [3.05, 3.63) is 0 Å². The van der Waals surface area contributed by atoms with Crippen LogP contribution >= 0.6 is 0 Å². The first-order valence-electron chi connectivity index (χ1n) is 3.72. The van der Waals surface area contributed by atoms with Crippen LogP contribution in [0.15, 0.2) is 0 Å². The predicted octanol–water partition coefficient (Wildman–Crippen LogP) is 0.352. The van der Waals surface area contributed by atoms with Crippen LogP contribution in [0.2, 0.25) is 0 Å². The maximum Gasteiger partial charge on any atom is 0.419 e. The van der Waals surface area contributed by atoms with E-state index in [0.717, 1.165) is 7.05 Å². The van der Waals surface area contributed by atoms with Gasteiger partial charge in [-0.05, 0) is 0 Å². The fraction of sp³-hybridized carbons (Fsp3) is 0.714. The summed E-state index contributed by atoms with van der Waals surface area (Å²) in [5.41, 5.74) is 0. The van der Waals surface area contributed by atoms with Crippen molar-refractivity contribution in [2.75, 3.05) is 27.9 Å². The van der Waals surface area contributed by atoms with Crippen LogP contribution in [-0.4, -0.2) is 56.4 Å². The molecule has 82 valence electrons. The fourth-order valence-electron chi connectivity index (χ4n) is 0.547. The van der Waals surface area contributed by atoms with Gasteiger partial charge < -0.3 is 19.3 Å². The van der Waals surface area contributed by atoms with E-state index in [-0.39, 0.29) is 6.61 Å². The molecule has 0 atom stereocenters. The van der Waals surface area contributed by atoms with Crippen LogP contribution in [0.25, 0.3) is 0 Å². The number of ether oxygens (including phenoxy) is 3. The maximum absolute atomic E-state index is 10.9. The number of hydrogen-bond donors (Lipinski definition) is 1. The van der Waals surface area contributed by atoms with Crippen LogP contribution in [0.1, 0.15) is 0 Å². The van der Waals surface area contributed by atoms with E-state index in [4.69, 9.17) is 14.6 Å². The van der Waals surface area contributed by atoms with Gasteiger partial charge in [-0.25, -0.2) is 14.5 Å². The zero-order valence-electron chi connectivity index (χ0n) is 8.22. The first-order chi connectivity index (χ1) is 6.52. The zero-order valence-corrected chi connectivity index (χ0v) is 8.22. The second-order valence-corrected chi connectivity index (χ2v) is 2.32. The van der Waals surface area contributed by atoms with E-state index in [1.165, 1.54) is 14.2 Å². The van der Waals surface area contributed by atoms with Gasteiger partial charge in [-0.15, -0.1) is 0 Å². The first-order valence-corrected chi connectivity index (χ1v) is 3.72. The number of carbonyl (C=O) groups is 2. The van der Waals surface area contributed by atoms with Crippen LogP contribution in [0.3, 0.4) is 0 Å². The van der Waals surface area contributed by atoms with Gasteiger partial charge in [0.15, 0.2) is 6.29 Å². The summed E-state index contributed by atoms with van der Waals surface area (Å²) in [5, 5.41) is 8.39. The quantitative estimate of drug-likeness (QED) is 0.669. The third-order valence-corrected chi connectivity index (χ3v) is 1.43. The van der Waals surface area contributed by atoms with Gasteiger partial charge in [-0.3, -0.25) is 0 Å². The third kappa shape index (κ3) is 4.06. The highest BCUT2D eigenvalue weighted by Crippen LogP contribution is 1.96. The summed E-state index contributed by atoms with van der Waals surface area (Å²) >= 11 is 0. The molecule has 7 nitrogen and oxygen atoms in total. The summed E-state index contributed by atoms with van der Waals surface area (Å²) < 4.78 is 14.0. The number of amides is 2. The van der Waals surface area contributed by atoms with Crippen LogP contribution in [0.5, 0.6) is 0 Å². The van der Waals surface area contributed by atoms with Crippen molar-refractivity contribution in [1.82, 2.24) is 4.90 Å². The number of carbonyl (C=O) groups excluding carboxylic acids is 1. The van der Waals surface area contributed by atoms with Crippen LogP contribution in [0, 0.1) is 0 Å². The molecule has 0 radical (unpaired) electrons. The summed E-state index contributed by atoms with van der Waals surface area (Å²) in [6.45, 7) is -0.163. The lowest BCUT2D eigenvalue weighted by atomic mass is 10.7. The number of methoxy groups -OCH3 is 2. The molecule has 0 aromatic heterocycles. The van der Waals surface area contributed by atoms with Crippen molar-refractivity contribution in [3.63, 3.8) is 0 Å². The van der Waals surface area contributed by atoms with Gasteiger partial charge in [0.05, 0.1) is 0 Å². The van der Waals surface area contributed by atoms with Gasteiger partial charge in [0.2, 0.25) is 0 Å². The molecule has 7 heteroatoms. The third-order valence-electron chi connectivity index (χ3n) is 1.43. The standard InChI is InChI=1S/C7H13NO6/c1-8(6(9)10)7(11)14-4-5(12-2)13-3/h5H,4H2,1-3H3,(H,9,10). The lowest BCUT2D eigenvalue weighted by molar-refractivity contribution is -0.129. The van der Waals surface area contributed by atoms with Gasteiger partial charge in [-0.2, -0.15) is 0 Å². The lowest BCUT2D eigenvalue weighted by Crippen LogP contribution is -2.34. The van der Waals surface area contributed by atoms with Gasteiger partial charge in [0.1, 0.15) is 6.61 Å². The van der Waals surface area contributed by atoms with Gasteiger partial charge in [0.25, 0.3) is 0 Å². The van der Waals surface area contributed by atoms with Crippen molar-refractivity contribution in [1.29, 1.82) is 0 Å². The van der Waals surface area contributed by atoms with E-state index < -0.39 is 18.5 Å². The van der Waals surface area contributed by atoms with Crippen molar-refractivity contribution in [2.24, 2.45) is 0 Å². The largest absolute Gasteiger partial charge is 0.465 e. The molecule has 0 bridgehead atoms. The molecule has 0 fully saturated rings. The van der Waals surface area contributed by atoms with Crippen molar-refractivity contribution in [2.45, 2.75) is 6.29 Å². The van der Waals surface area contributed by atoms with Crippen molar-refractivity contribution < 1.29 is 28.9 Å². The Labute approximate surface area is 81.1 Å². The van der Waals surface area contributed by atoms with E-state index in [2.05, 4.69) is 4.74 Å². The van der Waals surface area contributed by atoms with Crippen molar-refractivity contribution in [3.8, 4) is 0 Å². The minimum atomic E-state index is -1.39. The number of hydrogen-bond acceptors (Lipinski definition) is 5. The Morgan fingerprint density at radius 2 is 1.86 bits per heavy atom. The predicted molar refractivity (Wildman–Crippen MR) is 44.9 cm³/mol. The van der Waals surface area contributed by atoms with E-state index >= 15 is 0 Å². The molecular weight excluding hydrogens is 194 g/mol. The van der Waals surface area contributed by atoms with Gasteiger partial charge >= 0.3 is 12.2 Å². The second-order valence-electron chi connectivity index (χ2n) is 2.32. The molecule has 1 N–H and O–H groups in total. The average molecular weight is 207 g/mol. The molecule has 0 aliphatic heterocycles. The Morgan fingerprint density at radius 3 is 2.21 bits per heavy atom. The van der Waals surface area contributed by atoms with Crippen molar-refractivity contribution >= 4 is 12.2 Å². The topological polar surface area (TPSA) is 85.3 Å². The minimum absolute atomic E-state index is 0.163. The molecule has 0 spiro atoms. The molecule has 0 saturated carbocycles. The molecule has 0 heterocycles.